The third-order valence-corrected chi connectivity index (χ3v) is 10.7. The Bertz CT molecular complexity index is 1370. The van der Waals surface area contributed by atoms with Gasteiger partial charge in [0.2, 0.25) is 11.8 Å². The number of rotatable bonds is 18. The summed E-state index contributed by atoms with van der Waals surface area (Å²) >= 11 is 0. The van der Waals surface area contributed by atoms with Crippen LogP contribution in [0.5, 0.6) is 0 Å². The molecule has 0 aromatic carbocycles. The van der Waals surface area contributed by atoms with Gasteiger partial charge in [-0.2, -0.15) is 0 Å². The van der Waals surface area contributed by atoms with Crippen molar-refractivity contribution in [3.8, 4) is 0 Å². The lowest BCUT2D eigenvalue weighted by Crippen LogP contribution is -2.69. The van der Waals surface area contributed by atoms with Gasteiger partial charge in [0.1, 0.15) is 110 Å². The number of amides is 2. The summed E-state index contributed by atoms with van der Waals surface area (Å²) < 4.78 is 45.3. The molecule has 0 aromatic rings. The molecule has 4 saturated heterocycles. The van der Waals surface area contributed by atoms with Crippen LogP contribution in [0.15, 0.2) is 0 Å². The summed E-state index contributed by atoms with van der Waals surface area (Å²) in [5.41, 5.74) is 0. The SMILES string of the molecule is CC(=O)N[C@H]1[C@H](O[C@H]([C@H](O)[C@H](CO)NC(C)=O)[C@H](O)CO[C@@H]2O[C@H](CO)[C@H](O)[C@H](O)[C@H]2O[C@@H]2O[C@@H](C)[C@@H](O)[C@@H](O)[C@@H]2O)O[C@H](CO)[C@@H](O)[C@@H]1O[C@@H]1O[C@H](CO)[C@H](O)[C@H](O)[C@H]1O. The second kappa shape index (κ2) is 22.8. The maximum absolute atomic E-state index is 12.5. The molecule has 27 nitrogen and oxygen atoms in total. The van der Waals surface area contributed by atoms with Gasteiger partial charge in [-0.05, 0) is 6.92 Å². The lowest BCUT2D eigenvalue weighted by molar-refractivity contribution is -0.368. The number of hydrogen-bond donors (Lipinski definition) is 17. The van der Waals surface area contributed by atoms with Crippen LogP contribution < -0.4 is 10.6 Å². The predicted octanol–water partition coefficient (Wildman–Crippen LogP) is -11.0. The van der Waals surface area contributed by atoms with Crippen LogP contribution in [0, 0.1) is 0 Å². The molecule has 0 radical (unpaired) electrons. The Kier molecular flexibility index (Phi) is 19.3. The summed E-state index contributed by atoms with van der Waals surface area (Å²) in [6.45, 7) is -1.39. The lowest BCUT2D eigenvalue weighted by atomic mass is 9.94. The maximum Gasteiger partial charge on any atom is 0.217 e. The third-order valence-electron chi connectivity index (χ3n) is 10.7. The van der Waals surface area contributed by atoms with E-state index in [2.05, 4.69) is 10.6 Å². The second-order valence-corrected chi connectivity index (χ2v) is 15.2. The number of carbonyl (C=O) groups is 2. The zero-order valence-electron chi connectivity index (χ0n) is 33.2. The quantitative estimate of drug-likeness (QED) is 0.0607. The van der Waals surface area contributed by atoms with Crippen LogP contribution in [0.1, 0.15) is 20.8 Å². The molecular formula is C34H60N2O25. The van der Waals surface area contributed by atoms with Crippen LogP contribution in [0.2, 0.25) is 0 Å². The van der Waals surface area contributed by atoms with E-state index in [-0.39, 0.29) is 0 Å². The Morgan fingerprint density at radius 3 is 1.62 bits per heavy atom. The summed E-state index contributed by atoms with van der Waals surface area (Å²) in [6.07, 6.45) is -40.3. The Labute approximate surface area is 347 Å². The van der Waals surface area contributed by atoms with Gasteiger partial charge >= 0.3 is 0 Å². The van der Waals surface area contributed by atoms with Crippen molar-refractivity contribution in [2.75, 3.05) is 33.0 Å². The minimum Gasteiger partial charge on any atom is -0.394 e. The van der Waals surface area contributed by atoms with Gasteiger partial charge in [-0.15, -0.1) is 0 Å². The molecule has 0 unspecified atom stereocenters. The number of ether oxygens (including phenoxy) is 8. The van der Waals surface area contributed by atoms with E-state index in [1.54, 1.807) is 0 Å². The summed E-state index contributed by atoms with van der Waals surface area (Å²) in [5, 5.41) is 163. The van der Waals surface area contributed by atoms with Gasteiger partial charge in [0.25, 0.3) is 0 Å². The summed E-state index contributed by atoms with van der Waals surface area (Å²) in [5.74, 6) is -1.61. The van der Waals surface area contributed by atoms with Crippen LogP contribution >= 0.6 is 0 Å². The standard InChI is InChI=1S/C34H60N2O25/c1-9-18(44)23(49)26(52)32(55-9)61-30-25(51)21(47)15(6-39)58-34(30)54-8-13(43)28(19(45)12(4-37)35-10(2)41)59-31-17(36-11(3)42)29(22(48)16(7-40)56-31)60-33-27(53)24(50)20(46)14(5-38)57-33/h9,12-34,37-40,43-53H,4-8H2,1-3H3,(H,35,41)(H,36,42)/t9-,12-,13+,14+,15+,16+,17+,18+,19+,20-,21-,22+,23+,24-,25-,26-,27+,28-,29+,30+,31-,32-,33-,34+/m0/s1. The molecule has 27 heteroatoms. The first-order valence-corrected chi connectivity index (χ1v) is 19.4. The molecule has 4 aliphatic rings. The molecule has 4 aliphatic heterocycles. The minimum absolute atomic E-state index is 0.777. The lowest BCUT2D eigenvalue weighted by Gasteiger charge is -2.48. The zero-order chi connectivity index (χ0) is 45.6. The topological polar surface area (TPSA) is 435 Å². The van der Waals surface area contributed by atoms with E-state index in [0.717, 1.165) is 13.8 Å². The van der Waals surface area contributed by atoms with E-state index in [1.165, 1.54) is 6.92 Å². The maximum atomic E-state index is 12.5. The molecule has 4 rings (SSSR count). The van der Waals surface area contributed by atoms with Crippen molar-refractivity contribution in [2.24, 2.45) is 0 Å². The highest BCUT2D eigenvalue weighted by Gasteiger charge is 2.54. The van der Waals surface area contributed by atoms with Crippen LogP contribution in [0.3, 0.4) is 0 Å². The minimum atomic E-state index is -2.14. The van der Waals surface area contributed by atoms with E-state index in [4.69, 9.17) is 37.9 Å². The van der Waals surface area contributed by atoms with Crippen molar-refractivity contribution in [3.05, 3.63) is 0 Å². The molecule has 356 valence electrons. The molecule has 61 heavy (non-hydrogen) atoms. The fraction of sp³-hybridized carbons (Fsp3) is 0.941. The molecular weight excluding hydrogens is 836 g/mol. The third kappa shape index (κ3) is 12.0. The fourth-order valence-corrected chi connectivity index (χ4v) is 7.26. The molecule has 2 amide bonds. The van der Waals surface area contributed by atoms with Crippen LogP contribution in [0.25, 0.3) is 0 Å². The number of aliphatic hydroxyl groups excluding tert-OH is 15. The van der Waals surface area contributed by atoms with Gasteiger partial charge < -0.3 is 125 Å². The van der Waals surface area contributed by atoms with Gasteiger partial charge in [-0.1, -0.05) is 0 Å². The van der Waals surface area contributed by atoms with E-state index < -0.39 is 192 Å². The fourth-order valence-electron chi connectivity index (χ4n) is 7.26. The highest BCUT2D eigenvalue weighted by atomic mass is 16.8. The molecule has 0 spiro atoms. The first-order chi connectivity index (χ1) is 28.7. The predicted molar refractivity (Wildman–Crippen MR) is 191 cm³/mol. The largest absolute Gasteiger partial charge is 0.394 e. The summed E-state index contributed by atoms with van der Waals surface area (Å²) in [7, 11) is 0. The van der Waals surface area contributed by atoms with E-state index in [0.29, 0.717) is 0 Å². The van der Waals surface area contributed by atoms with Crippen molar-refractivity contribution in [3.63, 3.8) is 0 Å². The number of aliphatic hydroxyl groups is 15. The Hall–Kier alpha value is -1.98. The summed E-state index contributed by atoms with van der Waals surface area (Å²) in [4.78, 5) is 24.6. The second-order valence-electron chi connectivity index (χ2n) is 15.2. The molecule has 24 atom stereocenters. The van der Waals surface area contributed by atoms with E-state index >= 15 is 0 Å². The average molecular weight is 897 g/mol. The molecule has 4 heterocycles. The van der Waals surface area contributed by atoms with Crippen LogP contribution in [-0.2, 0) is 47.5 Å². The average Bonchev–Trinajstić information content (AvgIpc) is 3.22. The first kappa shape index (κ1) is 51.7. The van der Waals surface area contributed by atoms with Gasteiger partial charge in [-0.3, -0.25) is 9.59 Å². The van der Waals surface area contributed by atoms with Gasteiger partial charge in [-0.25, -0.2) is 0 Å². The van der Waals surface area contributed by atoms with Crippen molar-refractivity contribution < 1.29 is 124 Å². The van der Waals surface area contributed by atoms with E-state index in [1.807, 2.05) is 0 Å². The Balaban J connectivity index is 1.66. The summed E-state index contributed by atoms with van der Waals surface area (Å²) in [6, 6.07) is -3.36. The molecule has 0 saturated carbocycles. The van der Waals surface area contributed by atoms with Gasteiger partial charge in [0, 0.05) is 13.8 Å². The van der Waals surface area contributed by atoms with Crippen molar-refractivity contribution in [1.29, 1.82) is 0 Å². The van der Waals surface area contributed by atoms with Crippen LogP contribution in [-0.4, -0.2) is 269 Å². The first-order valence-electron chi connectivity index (χ1n) is 19.4. The number of hydrogen-bond acceptors (Lipinski definition) is 25. The van der Waals surface area contributed by atoms with E-state index in [9.17, 15) is 86.2 Å². The number of nitrogens with one attached hydrogen (secondary N) is 2. The Morgan fingerprint density at radius 2 is 1.08 bits per heavy atom. The van der Waals surface area contributed by atoms with Crippen molar-refractivity contribution in [1.82, 2.24) is 10.6 Å². The van der Waals surface area contributed by atoms with Gasteiger partial charge in [0.15, 0.2) is 25.2 Å². The molecule has 17 N–H and O–H groups in total. The molecule has 0 bridgehead atoms. The molecule has 4 fully saturated rings. The number of carbonyl (C=O) groups excluding carboxylic acids is 2. The monoisotopic (exact) mass is 896 g/mol. The highest BCUT2D eigenvalue weighted by Crippen LogP contribution is 2.33. The van der Waals surface area contributed by atoms with Crippen molar-refractivity contribution >= 4 is 11.8 Å². The molecule has 0 aromatic heterocycles. The molecule has 0 aliphatic carbocycles. The Morgan fingerprint density at radius 1 is 0.590 bits per heavy atom. The highest BCUT2D eigenvalue weighted by molar-refractivity contribution is 5.73. The van der Waals surface area contributed by atoms with Gasteiger partial charge in [0.05, 0.1) is 45.2 Å². The van der Waals surface area contributed by atoms with Crippen LogP contribution in [0.4, 0.5) is 0 Å². The zero-order valence-corrected chi connectivity index (χ0v) is 33.2. The smallest absolute Gasteiger partial charge is 0.217 e. The normalized spacial score (nSPS) is 44.1. The van der Waals surface area contributed by atoms with Crippen molar-refractivity contribution in [2.45, 2.75) is 168 Å².